The van der Waals surface area contributed by atoms with Gasteiger partial charge < -0.3 is 15.1 Å². The Morgan fingerprint density at radius 1 is 1.33 bits per heavy atom. The number of nitrogens with one attached hydrogen (secondary N) is 1. The summed E-state index contributed by atoms with van der Waals surface area (Å²) in [4.78, 5) is 26.7. The van der Waals surface area contributed by atoms with Crippen LogP contribution >= 0.6 is 11.3 Å². The molecule has 2 unspecified atom stereocenters. The van der Waals surface area contributed by atoms with Crippen molar-refractivity contribution in [2.45, 2.75) is 44.3 Å². The summed E-state index contributed by atoms with van der Waals surface area (Å²) in [6, 6.07) is 3.82. The third-order valence-corrected chi connectivity index (χ3v) is 6.94. The van der Waals surface area contributed by atoms with E-state index < -0.39 is 5.95 Å². The van der Waals surface area contributed by atoms with E-state index in [-0.39, 0.29) is 5.91 Å². The molecule has 142 valence electrons. The van der Waals surface area contributed by atoms with E-state index in [0.29, 0.717) is 30.7 Å². The zero-order valence-corrected chi connectivity index (χ0v) is 15.8. The lowest BCUT2D eigenvalue weighted by atomic mass is 10.1. The first-order chi connectivity index (χ1) is 13.2. The number of hydrogen-bond donors (Lipinski definition) is 1. The van der Waals surface area contributed by atoms with E-state index in [4.69, 9.17) is 4.98 Å². The molecule has 8 heteroatoms. The summed E-state index contributed by atoms with van der Waals surface area (Å²) < 4.78 is 13.0. The summed E-state index contributed by atoms with van der Waals surface area (Å²) in [5.74, 6) is -0.665. The summed E-state index contributed by atoms with van der Waals surface area (Å²) in [6.45, 7) is 3.28. The molecule has 4 aliphatic heterocycles. The Kier molecular flexibility index (Phi) is 4.32. The van der Waals surface area contributed by atoms with Crippen LogP contribution in [0.2, 0.25) is 0 Å². The SMILES string of the molecule is O=C(c1ccc(F)nc1)N1CCc2nc(N3CC4CCCC3CN4)sc2C1. The lowest BCUT2D eigenvalue weighted by molar-refractivity contribution is 0.0735. The van der Waals surface area contributed by atoms with Crippen molar-refractivity contribution in [3.05, 3.63) is 40.4 Å². The summed E-state index contributed by atoms with van der Waals surface area (Å²) in [6.07, 6.45) is 5.82. The van der Waals surface area contributed by atoms with Crippen molar-refractivity contribution in [1.29, 1.82) is 0 Å². The van der Waals surface area contributed by atoms with E-state index in [0.717, 1.165) is 30.3 Å². The molecule has 3 fully saturated rings. The van der Waals surface area contributed by atoms with Crippen molar-refractivity contribution >= 4 is 22.4 Å². The van der Waals surface area contributed by atoms with Crippen LogP contribution in [0.15, 0.2) is 18.3 Å². The molecule has 0 aromatic carbocycles. The van der Waals surface area contributed by atoms with Crippen LogP contribution in [0.25, 0.3) is 0 Å². The van der Waals surface area contributed by atoms with Crippen molar-refractivity contribution in [3.63, 3.8) is 0 Å². The first-order valence-corrected chi connectivity index (χ1v) is 10.4. The smallest absolute Gasteiger partial charge is 0.255 e. The van der Waals surface area contributed by atoms with Gasteiger partial charge in [-0.15, -0.1) is 0 Å². The Bertz CT molecular complexity index is 850. The van der Waals surface area contributed by atoms with Gasteiger partial charge >= 0.3 is 0 Å². The Labute approximate surface area is 161 Å². The quantitative estimate of drug-likeness (QED) is 0.801. The van der Waals surface area contributed by atoms with Crippen LogP contribution in [-0.2, 0) is 13.0 Å². The maximum atomic E-state index is 13.0. The number of carbonyl (C=O) groups is 1. The number of amides is 1. The third-order valence-electron chi connectivity index (χ3n) is 5.82. The minimum Gasteiger partial charge on any atom is -0.342 e. The van der Waals surface area contributed by atoms with Crippen molar-refractivity contribution in [2.24, 2.45) is 0 Å². The third kappa shape index (κ3) is 3.21. The number of aromatic nitrogens is 2. The first kappa shape index (κ1) is 17.1. The van der Waals surface area contributed by atoms with Gasteiger partial charge in [-0.2, -0.15) is 4.39 Å². The summed E-state index contributed by atoms with van der Waals surface area (Å²) in [7, 11) is 0. The fourth-order valence-electron chi connectivity index (χ4n) is 4.31. The van der Waals surface area contributed by atoms with E-state index in [9.17, 15) is 9.18 Å². The molecule has 0 aliphatic carbocycles. The monoisotopic (exact) mass is 387 g/mol. The summed E-state index contributed by atoms with van der Waals surface area (Å²) in [5.41, 5.74) is 1.56. The molecule has 3 saturated heterocycles. The second-order valence-corrected chi connectivity index (χ2v) is 8.62. The molecule has 0 spiro atoms. The molecule has 4 aliphatic rings. The van der Waals surface area contributed by atoms with Gasteiger partial charge in [-0.25, -0.2) is 9.97 Å². The summed E-state index contributed by atoms with van der Waals surface area (Å²) >= 11 is 1.73. The van der Waals surface area contributed by atoms with E-state index in [1.807, 2.05) is 4.90 Å². The fourth-order valence-corrected chi connectivity index (χ4v) is 5.52. The molecule has 0 radical (unpaired) electrons. The Balaban J connectivity index is 1.34. The molecule has 2 aromatic heterocycles. The molecule has 6 heterocycles. The molecule has 1 amide bonds. The van der Waals surface area contributed by atoms with Crippen LogP contribution in [0.3, 0.4) is 0 Å². The molecule has 2 bridgehead atoms. The topological polar surface area (TPSA) is 61.4 Å². The maximum absolute atomic E-state index is 13.0. The first-order valence-electron chi connectivity index (χ1n) is 9.57. The van der Waals surface area contributed by atoms with Crippen molar-refractivity contribution in [2.75, 3.05) is 24.5 Å². The largest absolute Gasteiger partial charge is 0.342 e. The van der Waals surface area contributed by atoms with Gasteiger partial charge in [0, 0.05) is 49.2 Å². The molecular weight excluding hydrogens is 365 g/mol. The van der Waals surface area contributed by atoms with Crippen LogP contribution in [0.4, 0.5) is 9.52 Å². The number of piperazine rings is 1. The highest BCUT2D eigenvalue weighted by Crippen LogP contribution is 2.35. The van der Waals surface area contributed by atoms with Crippen LogP contribution in [0.5, 0.6) is 0 Å². The van der Waals surface area contributed by atoms with Gasteiger partial charge in [0.15, 0.2) is 5.13 Å². The van der Waals surface area contributed by atoms with Gasteiger partial charge in [-0.1, -0.05) is 11.3 Å². The molecule has 2 atom stereocenters. The highest BCUT2D eigenvalue weighted by Gasteiger charge is 2.34. The van der Waals surface area contributed by atoms with Crippen LogP contribution in [0, 0.1) is 5.95 Å². The van der Waals surface area contributed by atoms with Crippen LogP contribution in [-0.4, -0.2) is 52.5 Å². The lowest BCUT2D eigenvalue weighted by Gasteiger charge is -2.37. The van der Waals surface area contributed by atoms with Gasteiger partial charge in [0.1, 0.15) is 0 Å². The number of anilines is 1. The standard InChI is InChI=1S/C19H22FN5OS/c20-17-5-4-12(8-22-17)18(26)24-7-6-15-16(11-24)27-19(23-15)25-10-13-2-1-3-14(25)9-21-13/h4-5,8,13-14,21H,1-3,6-7,9-11H2. The average molecular weight is 387 g/mol. The molecule has 27 heavy (non-hydrogen) atoms. The maximum Gasteiger partial charge on any atom is 0.255 e. The van der Waals surface area contributed by atoms with Crippen molar-refractivity contribution in [3.8, 4) is 0 Å². The van der Waals surface area contributed by atoms with E-state index in [1.165, 1.54) is 42.5 Å². The minimum absolute atomic E-state index is 0.0962. The highest BCUT2D eigenvalue weighted by atomic mass is 32.1. The molecule has 6 nitrogen and oxygen atoms in total. The minimum atomic E-state index is -0.569. The Morgan fingerprint density at radius 3 is 3.11 bits per heavy atom. The number of rotatable bonds is 2. The van der Waals surface area contributed by atoms with E-state index >= 15 is 0 Å². The molecule has 6 rings (SSSR count). The van der Waals surface area contributed by atoms with Crippen LogP contribution < -0.4 is 10.2 Å². The van der Waals surface area contributed by atoms with Crippen LogP contribution in [0.1, 0.15) is 40.2 Å². The number of nitrogens with zero attached hydrogens (tertiary/aromatic N) is 4. The van der Waals surface area contributed by atoms with E-state index in [1.54, 1.807) is 11.3 Å². The lowest BCUT2D eigenvalue weighted by Crippen LogP contribution is -2.54. The number of halogens is 1. The van der Waals surface area contributed by atoms with E-state index in [2.05, 4.69) is 15.2 Å². The van der Waals surface area contributed by atoms with Crippen molar-refractivity contribution < 1.29 is 9.18 Å². The molecule has 1 N–H and O–H groups in total. The second kappa shape index (κ2) is 6.83. The van der Waals surface area contributed by atoms with Gasteiger partial charge in [-0.3, -0.25) is 4.79 Å². The molecule has 0 saturated carbocycles. The van der Waals surface area contributed by atoms with Gasteiger partial charge in [0.05, 0.1) is 17.8 Å². The molecule has 2 aromatic rings. The summed E-state index contributed by atoms with van der Waals surface area (Å²) in [5, 5.41) is 4.74. The number of pyridine rings is 1. The zero-order chi connectivity index (χ0) is 18.4. The Hall–Kier alpha value is -2.06. The predicted molar refractivity (Wildman–Crippen MR) is 102 cm³/mol. The normalized spacial score (nSPS) is 24.6. The van der Waals surface area contributed by atoms with Crippen molar-refractivity contribution in [1.82, 2.24) is 20.2 Å². The number of carbonyl (C=O) groups excluding carboxylic acids is 1. The second-order valence-electron chi connectivity index (χ2n) is 7.55. The zero-order valence-electron chi connectivity index (χ0n) is 15.0. The van der Waals surface area contributed by atoms with Gasteiger partial charge in [0.25, 0.3) is 5.91 Å². The number of fused-ring (bicyclic) bond motifs is 5. The van der Waals surface area contributed by atoms with Gasteiger partial charge in [-0.05, 0) is 31.4 Å². The average Bonchev–Trinajstić information content (AvgIpc) is 2.84. The number of thiazole rings is 1. The highest BCUT2D eigenvalue weighted by molar-refractivity contribution is 7.15. The number of hydrogen-bond acceptors (Lipinski definition) is 6. The predicted octanol–water partition coefficient (Wildman–Crippen LogP) is 2.21. The van der Waals surface area contributed by atoms with Gasteiger partial charge in [0.2, 0.25) is 5.95 Å². The fraction of sp³-hybridized carbons (Fsp3) is 0.526. The molecular formula is C19H22FN5OS. The Morgan fingerprint density at radius 2 is 2.26 bits per heavy atom.